The summed E-state index contributed by atoms with van der Waals surface area (Å²) in [5.74, 6) is 1.67. The molecule has 6 rings (SSSR count). The second kappa shape index (κ2) is 8.95. The zero-order chi connectivity index (χ0) is 22.9. The third-order valence-electron chi connectivity index (χ3n) is 6.87. The number of ether oxygens (including phenoxy) is 1. The molecule has 0 spiro atoms. The van der Waals surface area contributed by atoms with Gasteiger partial charge in [0.05, 0.1) is 11.9 Å². The lowest BCUT2D eigenvalue weighted by atomic mass is 9.87. The summed E-state index contributed by atoms with van der Waals surface area (Å²) in [7, 11) is 0. The van der Waals surface area contributed by atoms with Gasteiger partial charge in [-0.3, -0.25) is 4.79 Å². The number of aromatic amines is 1. The number of allylic oxidation sites excluding steroid dienone is 1. The van der Waals surface area contributed by atoms with Crippen LogP contribution in [0.15, 0.2) is 64.9 Å². The number of aromatic nitrogens is 5. The molecule has 0 bridgehead atoms. The molecule has 1 aromatic carbocycles. The fourth-order valence-corrected chi connectivity index (χ4v) is 5.02. The van der Waals surface area contributed by atoms with Crippen molar-refractivity contribution in [3.8, 4) is 0 Å². The Morgan fingerprint density at radius 2 is 1.94 bits per heavy atom. The van der Waals surface area contributed by atoms with Crippen LogP contribution in [-0.2, 0) is 4.74 Å². The van der Waals surface area contributed by atoms with E-state index in [9.17, 15) is 4.79 Å². The summed E-state index contributed by atoms with van der Waals surface area (Å²) < 4.78 is 7.12. The Labute approximate surface area is 196 Å². The van der Waals surface area contributed by atoms with Crippen molar-refractivity contribution >= 4 is 33.7 Å². The Morgan fingerprint density at radius 1 is 1.06 bits per heavy atom. The van der Waals surface area contributed by atoms with E-state index in [1.807, 2.05) is 6.20 Å². The van der Waals surface area contributed by atoms with Gasteiger partial charge in [0, 0.05) is 54.7 Å². The van der Waals surface area contributed by atoms with Crippen molar-refractivity contribution in [2.45, 2.75) is 32.1 Å². The topological polar surface area (TPSA) is 98.0 Å². The van der Waals surface area contributed by atoms with Crippen molar-refractivity contribution in [3.05, 3.63) is 71.0 Å². The first-order valence-electron chi connectivity index (χ1n) is 11.9. The summed E-state index contributed by atoms with van der Waals surface area (Å²) >= 11 is 0. The van der Waals surface area contributed by atoms with Gasteiger partial charge in [0.15, 0.2) is 11.3 Å². The maximum absolute atomic E-state index is 12.9. The van der Waals surface area contributed by atoms with E-state index in [0.717, 1.165) is 61.1 Å². The quantitative estimate of drug-likeness (QED) is 0.499. The summed E-state index contributed by atoms with van der Waals surface area (Å²) in [4.78, 5) is 34.0. The highest BCUT2D eigenvalue weighted by Crippen LogP contribution is 2.32. The van der Waals surface area contributed by atoms with Gasteiger partial charge >= 0.3 is 0 Å². The number of aliphatic imine (C=N–C) groups is 1. The first-order chi connectivity index (χ1) is 16.7. The molecular weight excluding hydrogens is 428 g/mol. The number of fused-ring (bicyclic) bond motifs is 2. The van der Waals surface area contributed by atoms with Crippen molar-refractivity contribution in [3.63, 3.8) is 0 Å². The normalized spacial score (nSPS) is 19.4. The molecule has 0 amide bonds. The van der Waals surface area contributed by atoms with Gasteiger partial charge in [-0.05, 0) is 55.7 Å². The molecule has 1 N–H and O–H groups in total. The first kappa shape index (κ1) is 20.9. The number of nitrogens with one attached hydrogen (secondary N) is 1. The molecule has 0 radical (unpaired) electrons. The van der Waals surface area contributed by atoms with Gasteiger partial charge in [-0.25, -0.2) is 24.5 Å². The van der Waals surface area contributed by atoms with Gasteiger partial charge in [0.1, 0.15) is 5.84 Å². The molecule has 0 aliphatic carbocycles. The van der Waals surface area contributed by atoms with E-state index >= 15 is 0 Å². The summed E-state index contributed by atoms with van der Waals surface area (Å²) in [6.07, 6.45) is 13.8. The largest absolute Gasteiger partial charge is 0.381 e. The minimum absolute atomic E-state index is 0.239. The van der Waals surface area contributed by atoms with Crippen LogP contribution >= 0.6 is 0 Å². The molecule has 1 atom stereocenters. The van der Waals surface area contributed by atoms with E-state index in [1.165, 1.54) is 6.20 Å². The third-order valence-corrected chi connectivity index (χ3v) is 6.87. The van der Waals surface area contributed by atoms with Crippen LogP contribution in [0.1, 0.15) is 37.7 Å². The number of benzene rings is 1. The fourth-order valence-electron chi connectivity index (χ4n) is 5.02. The van der Waals surface area contributed by atoms with E-state index in [-0.39, 0.29) is 11.5 Å². The van der Waals surface area contributed by atoms with Crippen LogP contribution in [-0.4, -0.2) is 43.6 Å². The van der Waals surface area contributed by atoms with Crippen LogP contribution in [0.5, 0.6) is 0 Å². The van der Waals surface area contributed by atoms with Crippen LogP contribution < -0.4 is 5.56 Å². The smallest absolute Gasteiger partial charge is 0.276 e. The van der Waals surface area contributed by atoms with Gasteiger partial charge in [-0.1, -0.05) is 12.1 Å². The van der Waals surface area contributed by atoms with Crippen LogP contribution in [0, 0.1) is 11.8 Å². The molecule has 34 heavy (non-hydrogen) atoms. The fraction of sp³-hybridized carbons (Fsp3) is 0.346. The molecular formula is C26H26N6O2. The average molecular weight is 455 g/mol. The first-order valence-corrected chi connectivity index (χ1v) is 11.9. The standard InChI is InChI=1S/C26H26N6O2/c33-24-16-30-25-26(29-10-9-28-25)32(24)23-14-18(2-1-17-6-11-34-12-7-17)13-22(31-23)19-3-4-21-20(15-19)5-8-27-21/h3-5,8-10,13,15-18,27H,1-2,6-7,11-12,14H2. The highest BCUT2D eigenvalue weighted by molar-refractivity contribution is 5.96. The van der Waals surface area contributed by atoms with E-state index < -0.39 is 0 Å². The van der Waals surface area contributed by atoms with Crippen LogP contribution in [0.3, 0.4) is 0 Å². The van der Waals surface area contributed by atoms with Gasteiger partial charge in [0.25, 0.3) is 5.56 Å². The van der Waals surface area contributed by atoms with Crippen LogP contribution in [0.2, 0.25) is 0 Å². The van der Waals surface area contributed by atoms with Crippen molar-refractivity contribution < 1.29 is 4.74 Å². The lowest BCUT2D eigenvalue weighted by Crippen LogP contribution is -2.31. The molecule has 1 unspecified atom stereocenters. The Morgan fingerprint density at radius 3 is 2.85 bits per heavy atom. The molecule has 172 valence electrons. The zero-order valence-corrected chi connectivity index (χ0v) is 18.9. The zero-order valence-electron chi connectivity index (χ0n) is 18.9. The van der Waals surface area contributed by atoms with Crippen molar-refractivity contribution in [1.82, 2.24) is 24.5 Å². The predicted molar refractivity (Wildman–Crippen MR) is 132 cm³/mol. The van der Waals surface area contributed by atoms with Crippen LogP contribution in [0.25, 0.3) is 27.9 Å². The number of hydrogen-bond acceptors (Lipinski definition) is 6. The lowest BCUT2D eigenvalue weighted by Gasteiger charge is -2.26. The number of nitrogens with zero attached hydrogens (tertiary/aromatic N) is 5. The molecule has 1 saturated heterocycles. The molecule has 8 heteroatoms. The number of hydrogen-bond donors (Lipinski definition) is 1. The van der Waals surface area contributed by atoms with Crippen molar-refractivity contribution in [2.24, 2.45) is 16.8 Å². The second-order valence-electron chi connectivity index (χ2n) is 9.09. The Balaban J connectivity index is 1.40. The SMILES string of the molecule is O=c1cnc2nccnc2n1C1=NC(c2ccc3[nH]ccc3c2)=CC(CCC2CCOCC2)C1. The molecule has 4 aromatic rings. The molecule has 8 nitrogen and oxygen atoms in total. The van der Waals surface area contributed by atoms with E-state index in [0.29, 0.717) is 29.5 Å². The number of H-pyrrole nitrogens is 1. The Bertz CT molecular complexity index is 1460. The molecule has 2 aliphatic rings. The molecule has 2 aliphatic heterocycles. The van der Waals surface area contributed by atoms with Gasteiger partial charge in [0.2, 0.25) is 0 Å². The molecule has 1 fully saturated rings. The maximum Gasteiger partial charge on any atom is 0.276 e. The van der Waals surface area contributed by atoms with Crippen molar-refractivity contribution in [2.75, 3.05) is 13.2 Å². The van der Waals surface area contributed by atoms with Gasteiger partial charge in [-0.2, -0.15) is 0 Å². The highest BCUT2D eigenvalue weighted by Gasteiger charge is 2.24. The lowest BCUT2D eigenvalue weighted by molar-refractivity contribution is 0.0624. The minimum atomic E-state index is -0.239. The third kappa shape index (κ3) is 4.05. The van der Waals surface area contributed by atoms with Gasteiger partial charge < -0.3 is 9.72 Å². The van der Waals surface area contributed by atoms with E-state index in [2.05, 4.69) is 50.3 Å². The van der Waals surface area contributed by atoms with Crippen LogP contribution in [0.4, 0.5) is 0 Å². The van der Waals surface area contributed by atoms with Gasteiger partial charge in [-0.15, -0.1) is 0 Å². The second-order valence-corrected chi connectivity index (χ2v) is 9.09. The summed E-state index contributed by atoms with van der Waals surface area (Å²) in [5.41, 5.74) is 3.66. The summed E-state index contributed by atoms with van der Waals surface area (Å²) in [6, 6.07) is 8.37. The number of rotatable bonds is 4. The Hall–Kier alpha value is -3.65. The van der Waals surface area contributed by atoms with E-state index in [4.69, 9.17) is 9.73 Å². The molecule has 5 heterocycles. The summed E-state index contributed by atoms with van der Waals surface area (Å²) in [5, 5.41) is 1.14. The Kier molecular flexibility index (Phi) is 5.50. The highest BCUT2D eigenvalue weighted by atomic mass is 16.5. The minimum Gasteiger partial charge on any atom is -0.381 e. The summed E-state index contributed by atoms with van der Waals surface area (Å²) in [6.45, 7) is 1.72. The van der Waals surface area contributed by atoms with E-state index in [1.54, 1.807) is 17.0 Å². The maximum atomic E-state index is 12.9. The molecule has 0 saturated carbocycles. The predicted octanol–water partition coefficient (Wildman–Crippen LogP) is 4.18. The average Bonchev–Trinajstić information content (AvgIpc) is 3.36. The molecule has 3 aromatic heterocycles. The van der Waals surface area contributed by atoms with Crippen molar-refractivity contribution in [1.29, 1.82) is 0 Å². The monoisotopic (exact) mass is 454 g/mol.